The van der Waals surface area contributed by atoms with E-state index in [1.165, 1.54) is 4.68 Å². The second kappa shape index (κ2) is 10.1. The molecule has 0 saturated heterocycles. The van der Waals surface area contributed by atoms with Gasteiger partial charge in [0.25, 0.3) is 5.56 Å². The highest BCUT2D eigenvalue weighted by Crippen LogP contribution is 2.30. The molecule has 182 valence electrons. The number of rotatable bonds is 8. The van der Waals surface area contributed by atoms with Crippen LogP contribution in [0.1, 0.15) is 32.8 Å². The Labute approximate surface area is 208 Å². The number of hydrogen-bond donors (Lipinski definition) is 0. The smallest absolute Gasteiger partial charge is 0.282 e. The topological polar surface area (TPSA) is 78.9 Å². The lowest BCUT2D eigenvalue weighted by Crippen LogP contribution is -2.20. The van der Waals surface area contributed by atoms with Gasteiger partial charge in [0, 0.05) is 5.39 Å². The summed E-state index contributed by atoms with van der Waals surface area (Å²) < 4.78 is 19.1. The van der Waals surface area contributed by atoms with Gasteiger partial charge in [-0.2, -0.15) is 9.78 Å². The number of fused-ring (bicyclic) bond motifs is 2. The molecule has 5 rings (SSSR count). The minimum atomic E-state index is -0.283. The van der Waals surface area contributed by atoms with Crippen molar-refractivity contribution in [2.24, 2.45) is 5.10 Å². The Hall–Kier alpha value is -4.39. The molecule has 0 unspecified atom stereocenters. The fraction of sp³-hybridized carbons (Fsp3) is 0.207. The molecule has 7 heteroatoms. The average molecular weight is 482 g/mol. The van der Waals surface area contributed by atoms with Crippen molar-refractivity contribution in [1.82, 2.24) is 9.66 Å². The molecule has 0 amide bonds. The van der Waals surface area contributed by atoms with Crippen LogP contribution in [-0.2, 0) is 0 Å². The highest BCUT2D eigenvalue weighted by atomic mass is 16.5. The van der Waals surface area contributed by atoms with Crippen molar-refractivity contribution in [3.63, 3.8) is 0 Å². The molecule has 0 aliphatic rings. The number of benzene rings is 3. The lowest BCUT2D eigenvalue weighted by molar-refractivity contribution is 0.203. The van der Waals surface area contributed by atoms with E-state index in [1.807, 2.05) is 74.5 Å². The summed E-state index contributed by atoms with van der Waals surface area (Å²) in [4.78, 5) is 18.2. The molecule has 7 nitrogen and oxygen atoms in total. The van der Waals surface area contributed by atoms with Crippen LogP contribution in [0.15, 0.2) is 87.1 Å². The minimum Gasteiger partial charge on any atom is -0.490 e. The van der Waals surface area contributed by atoms with Crippen LogP contribution in [0.25, 0.3) is 33.5 Å². The molecule has 0 bridgehead atoms. The number of nitrogens with zero attached hydrogens (tertiary/aromatic N) is 3. The second-order valence-corrected chi connectivity index (χ2v) is 8.44. The van der Waals surface area contributed by atoms with E-state index in [2.05, 4.69) is 12.0 Å². The highest BCUT2D eigenvalue weighted by Gasteiger charge is 2.16. The van der Waals surface area contributed by atoms with Crippen LogP contribution in [0.3, 0.4) is 0 Å². The van der Waals surface area contributed by atoms with E-state index >= 15 is 0 Å². The molecule has 2 aromatic heterocycles. The van der Waals surface area contributed by atoms with E-state index in [9.17, 15) is 4.79 Å². The number of ether oxygens (including phenoxy) is 2. The highest BCUT2D eigenvalue weighted by molar-refractivity contribution is 5.85. The monoisotopic (exact) mass is 481 g/mol. The third kappa shape index (κ3) is 4.60. The van der Waals surface area contributed by atoms with Crippen molar-refractivity contribution in [1.29, 1.82) is 0 Å². The average Bonchev–Trinajstić information content (AvgIpc) is 3.33. The molecule has 3 aromatic carbocycles. The summed E-state index contributed by atoms with van der Waals surface area (Å²) in [6, 6.07) is 22.3. The predicted octanol–water partition coefficient (Wildman–Crippen LogP) is 6.27. The summed E-state index contributed by atoms with van der Waals surface area (Å²) in [5.74, 6) is 2.09. The minimum absolute atomic E-state index is 0.0670. The largest absolute Gasteiger partial charge is 0.490 e. The standard InChI is InChI=1S/C29H27N3O4/c1-4-19(3)35-25-15-14-20(16-26(25)34-5-2)18-30-32-28(27-17-21-10-6-9-13-24(21)36-27)31-23-12-8-7-11-22(23)29(32)33/h6-19H,4-5H2,1-3H3/t19-/m0/s1. The molecule has 2 heterocycles. The van der Waals surface area contributed by atoms with Gasteiger partial charge in [0.2, 0.25) is 5.82 Å². The third-order valence-electron chi connectivity index (χ3n) is 5.89. The zero-order valence-electron chi connectivity index (χ0n) is 20.5. The van der Waals surface area contributed by atoms with Crippen LogP contribution >= 0.6 is 0 Å². The number of hydrogen-bond acceptors (Lipinski definition) is 6. The van der Waals surface area contributed by atoms with E-state index in [4.69, 9.17) is 18.9 Å². The zero-order chi connectivity index (χ0) is 25.1. The molecule has 0 spiro atoms. The quantitative estimate of drug-likeness (QED) is 0.244. The first-order valence-corrected chi connectivity index (χ1v) is 12.1. The van der Waals surface area contributed by atoms with Crippen LogP contribution in [0.5, 0.6) is 11.5 Å². The molecule has 0 fully saturated rings. The molecule has 0 aliphatic heterocycles. The van der Waals surface area contributed by atoms with Gasteiger partial charge in [-0.3, -0.25) is 4.79 Å². The first-order chi connectivity index (χ1) is 17.6. The lowest BCUT2D eigenvalue weighted by atomic mass is 10.2. The van der Waals surface area contributed by atoms with E-state index in [-0.39, 0.29) is 11.7 Å². The molecular weight excluding hydrogens is 454 g/mol. The zero-order valence-corrected chi connectivity index (χ0v) is 20.5. The van der Waals surface area contributed by atoms with E-state index in [0.29, 0.717) is 46.2 Å². The van der Waals surface area contributed by atoms with Crippen LogP contribution in [-0.4, -0.2) is 28.6 Å². The van der Waals surface area contributed by atoms with E-state index in [0.717, 1.165) is 17.4 Å². The number of furan rings is 1. The van der Waals surface area contributed by atoms with Crippen LogP contribution < -0.4 is 15.0 Å². The summed E-state index contributed by atoms with van der Waals surface area (Å²) >= 11 is 0. The second-order valence-electron chi connectivity index (χ2n) is 8.44. The summed E-state index contributed by atoms with van der Waals surface area (Å²) in [5.41, 5.74) is 1.76. The van der Waals surface area contributed by atoms with E-state index < -0.39 is 0 Å². The maximum Gasteiger partial charge on any atom is 0.282 e. The number of aromatic nitrogens is 2. The van der Waals surface area contributed by atoms with Gasteiger partial charge in [-0.1, -0.05) is 37.3 Å². The van der Waals surface area contributed by atoms with Crippen LogP contribution in [0.4, 0.5) is 0 Å². The van der Waals surface area contributed by atoms with Crippen LogP contribution in [0, 0.1) is 0 Å². The Morgan fingerprint density at radius 2 is 1.83 bits per heavy atom. The Morgan fingerprint density at radius 3 is 2.64 bits per heavy atom. The van der Waals surface area contributed by atoms with Gasteiger partial charge in [0.1, 0.15) is 5.58 Å². The molecule has 0 radical (unpaired) electrons. The van der Waals surface area contributed by atoms with Crippen molar-refractivity contribution in [2.45, 2.75) is 33.3 Å². The fourth-order valence-corrected chi connectivity index (χ4v) is 3.88. The molecule has 0 aliphatic carbocycles. The Kier molecular flexibility index (Phi) is 6.54. The Balaban J connectivity index is 1.61. The van der Waals surface area contributed by atoms with Crippen molar-refractivity contribution in [2.75, 3.05) is 6.61 Å². The normalized spacial score (nSPS) is 12.4. The number of para-hydroxylation sites is 2. The van der Waals surface area contributed by atoms with Crippen molar-refractivity contribution in [3.8, 4) is 23.1 Å². The van der Waals surface area contributed by atoms with Crippen molar-refractivity contribution >= 4 is 28.1 Å². The van der Waals surface area contributed by atoms with Gasteiger partial charge in [-0.15, -0.1) is 0 Å². The van der Waals surface area contributed by atoms with Gasteiger partial charge < -0.3 is 13.9 Å². The summed E-state index contributed by atoms with van der Waals surface area (Å²) in [6.07, 6.45) is 2.56. The summed E-state index contributed by atoms with van der Waals surface area (Å²) in [6.45, 7) is 6.51. The van der Waals surface area contributed by atoms with Gasteiger partial charge in [0.05, 0.1) is 29.8 Å². The molecule has 0 saturated carbocycles. The lowest BCUT2D eigenvalue weighted by Gasteiger charge is -2.16. The van der Waals surface area contributed by atoms with Crippen molar-refractivity contribution < 1.29 is 13.9 Å². The van der Waals surface area contributed by atoms with Gasteiger partial charge in [-0.25, -0.2) is 4.98 Å². The molecule has 0 N–H and O–H groups in total. The third-order valence-corrected chi connectivity index (χ3v) is 5.89. The Morgan fingerprint density at radius 1 is 1.03 bits per heavy atom. The molecule has 36 heavy (non-hydrogen) atoms. The first-order valence-electron chi connectivity index (χ1n) is 12.1. The molecule has 5 aromatic rings. The predicted molar refractivity (Wildman–Crippen MR) is 142 cm³/mol. The van der Waals surface area contributed by atoms with Gasteiger partial charge in [0.15, 0.2) is 17.3 Å². The first kappa shape index (κ1) is 23.4. The summed E-state index contributed by atoms with van der Waals surface area (Å²) in [7, 11) is 0. The summed E-state index contributed by atoms with van der Waals surface area (Å²) in [5, 5.41) is 5.93. The fourth-order valence-electron chi connectivity index (χ4n) is 3.88. The molecular formula is C29H27N3O4. The van der Waals surface area contributed by atoms with Crippen LogP contribution in [0.2, 0.25) is 0 Å². The van der Waals surface area contributed by atoms with Crippen molar-refractivity contribution in [3.05, 3.63) is 88.7 Å². The maximum absolute atomic E-state index is 13.5. The Bertz CT molecular complexity index is 1580. The maximum atomic E-state index is 13.5. The van der Waals surface area contributed by atoms with Gasteiger partial charge >= 0.3 is 0 Å². The van der Waals surface area contributed by atoms with E-state index in [1.54, 1.807) is 18.3 Å². The molecule has 1 atom stereocenters. The van der Waals surface area contributed by atoms with Gasteiger partial charge in [-0.05, 0) is 68.3 Å². The SMILES string of the molecule is CCOc1cc(C=Nn2c(-c3cc4ccccc4o3)nc3ccccc3c2=O)ccc1O[C@@H](C)CC.